The van der Waals surface area contributed by atoms with Crippen LogP contribution in [0.2, 0.25) is 0 Å². The number of hydrogen-bond acceptors (Lipinski definition) is 5. The Hall–Kier alpha value is -0.200. The van der Waals surface area contributed by atoms with E-state index in [-0.39, 0.29) is 12.0 Å². The van der Waals surface area contributed by atoms with Crippen molar-refractivity contribution in [1.29, 1.82) is 0 Å². The molecule has 0 aliphatic rings. The second kappa shape index (κ2) is 14.7. The van der Waals surface area contributed by atoms with E-state index in [0.717, 1.165) is 32.5 Å². The van der Waals surface area contributed by atoms with Crippen LogP contribution in [0.4, 0.5) is 0 Å². The van der Waals surface area contributed by atoms with Gasteiger partial charge in [0.25, 0.3) is 0 Å². The van der Waals surface area contributed by atoms with Crippen molar-refractivity contribution in [3.63, 3.8) is 0 Å². The molecule has 0 aliphatic heterocycles. The molecule has 0 amide bonds. The number of rotatable bonds is 16. The van der Waals surface area contributed by atoms with Gasteiger partial charge in [0.2, 0.25) is 0 Å². The van der Waals surface area contributed by atoms with Crippen molar-refractivity contribution >= 4 is 0 Å². The van der Waals surface area contributed by atoms with Gasteiger partial charge in [0.15, 0.2) is 0 Å². The lowest BCUT2D eigenvalue weighted by molar-refractivity contribution is 0.0144. The Morgan fingerprint density at radius 1 is 0.905 bits per heavy atom. The van der Waals surface area contributed by atoms with Gasteiger partial charge in [-0.25, -0.2) is 0 Å². The number of ether oxygens (including phenoxy) is 3. The molecule has 0 rings (SSSR count). The maximum Gasteiger partial charge on any atom is 0.0701 e. The molecule has 0 aromatic rings. The van der Waals surface area contributed by atoms with Crippen LogP contribution >= 0.6 is 0 Å². The van der Waals surface area contributed by atoms with Crippen molar-refractivity contribution in [3.05, 3.63) is 0 Å². The Morgan fingerprint density at radius 3 is 2.05 bits per heavy atom. The average molecular weight is 305 g/mol. The standard InChI is InChI=1S/C16H35NO4/c1-4-5-9-19-11-13-21-14-12-20-10-7-17-15-16(2,3)6-8-18/h17-18H,4-15H2,1-3H3. The highest BCUT2D eigenvalue weighted by Gasteiger charge is 2.15. The predicted molar refractivity (Wildman–Crippen MR) is 85.7 cm³/mol. The van der Waals surface area contributed by atoms with Crippen LogP contribution in [0.15, 0.2) is 0 Å². The molecule has 0 radical (unpaired) electrons. The molecule has 0 saturated carbocycles. The second-order valence-electron chi connectivity index (χ2n) is 6.01. The highest BCUT2D eigenvalue weighted by atomic mass is 16.5. The Morgan fingerprint density at radius 2 is 1.48 bits per heavy atom. The highest BCUT2D eigenvalue weighted by Crippen LogP contribution is 2.17. The predicted octanol–water partition coefficient (Wildman–Crippen LogP) is 1.83. The van der Waals surface area contributed by atoms with Crippen LogP contribution in [0.25, 0.3) is 0 Å². The third kappa shape index (κ3) is 16.0. The van der Waals surface area contributed by atoms with E-state index in [1.807, 2.05) is 0 Å². The van der Waals surface area contributed by atoms with Crippen LogP contribution in [0.5, 0.6) is 0 Å². The number of unbranched alkanes of at least 4 members (excludes halogenated alkanes) is 1. The smallest absolute Gasteiger partial charge is 0.0701 e. The first-order valence-corrected chi connectivity index (χ1v) is 8.17. The van der Waals surface area contributed by atoms with E-state index < -0.39 is 0 Å². The molecule has 0 bridgehead atoms. The van der Waals surface area contributed by atoms with E-state index in [1.165, 1.54) is 6.42 Å². The molecule has 21 heavy (non-hydrogen) atoms. The molecule has 128 valence electrons. The average Bonchev–Trinajstić information content (AvgIpc) is 2.44. The summed E-state index contributed by atoms with van der Waals surface area (Å²) in [6.07, 6.45) is 3.10. The lowest BCUT2D eigenvalue weighted by atomic mass is 9.90. The van der Waals surface area contributed by atoms with Crippen molar-refractivity contribution in [3.8, 4) is 0 Å². The zero-order valence-corrected chi connectivity index (χ0v) is 14.2. The summed E-state index contributed by atoms with van der Waals surface area (Å²) in [6, 6.07) is 0. The minimum Gasteiger partial charge on any atom is -0.396 e. The van der Waals surface area contributed by atoms with Crippen molar-refractivity contribution in [1.82, 2.24) is 5.32 Å². The Bertz CT molecular complexity index is 212. The van der Waals surface area contributed by atoms with Gasteiger partial charge in [-0.1, -0.05) is 27.2 Å². The monoisotopic (exact) mass is 305 g/mol. The first-order valence-electron chi connectivity index (χ1n) is 8.17. The topological polar surface area (TPSA) is 60.0 Å². The molecule has 0 aromatic carbocycles. The minimum atomic E-state index is 0.135. The number of aliphatic hydroxyl groups excluding tert-OH is 1. The third-order valence-electron chi connectivity index (χ3n) is 3.20. The lowest BCUT2D eigenvalue weighted by Crippen LogP contribution is -2.32. The van der Waals surface area contributed by atoms with Crippen LogP contribution in [0.3, 0.4) is 0 Å². The van der Waals surface area contributed by atoms with Crippen molar-refractivity contribution in [2.45, 2.75) is 40.0 Å². The summed E-state index contributed by atoms with van der Waals surface area (Å²) in [5.74, 6) is 0. The van der Waals surface area contributed by atoms with Gasteiger partial charge in [-0.2, -0.15) is 0 Å². The first-order chi connectivity index (χ1) is 10.1. The summed E-state index contributed by atoms with van der Waals surface area (Å²) < 4.78 is 16.3. The van der Waals surface area contributed by atoms with Crippen LogP contribution in [-0.2, 0) is 14.2 Å². The molecule has 5 heteroatoms. The number of nitrogens with one attached hydrogen (secondary N) is 1. The molecular formula is C16H35NO4. The maximum atomic E-state index is 8.93. The second-order valence-corrected chi connectivity index (χ2v) is 6.01. The highest BCUT2D eigenvalue weighted by molar-refractivity contribution is 4.70. The van der Waals surface area contributed by atoms with Crippen molar-refractivity contribution in [2.75, 3.05) is 59.3 Å². The molecular weight excluding hydrogens is 270 g/mol. The fourth-order valence-corrected chi connectivity index (χ4v) is 1.75. The van der Waals surface area contributed by atoms with Gasteiger partial charge in [-0.15, -0.1) is 0 Å². The molecule has 0 aromatic heterocycles. The van der Waals surface area contributed by atoms with Gasteiger partial charge in [0, 0.05) is 26.3 Å². The van der Waals surface area contributed by atoms with Crippen LogP contribution in [-0.4, -0.2) is 64.4 Å². The molecule has 0 heterocycles. The fraction of sp³-hybridized carbons (Fsp3) is 1.00. The number of hydrogen-bond donors (Lipinski definition) is 2. The van der Waals surface area contributed by atoms with Crippen LogP contribution in [0, 0.1) is 5.41 Å². The zero-order chi connectivity index (χ0) is 15.8. The Kier molecular flexibility index (Phi) is 14.6. The molecule has 0 fully saturated rings. The van der Waals surface area contributed by atoms with Crippen molar-refractivity contribution < 1.29 is 19.3 Å². The largest absolute Gasteiger partial charge is 0.396 e. The summed E-state index contributed by atoms with van der Waals surface area (Å²) in [6.45, 7) is 12.5. The van der Waals surface area contributed by atoms with Crippen LogP contribution < -0.4 is 5.32 Å². The van der Waals surface area contributed by atoms with Gasteiger partial charge in [-0.3, -0.25) is 0 Å². The molecule has 0 atom stereocenters. The van der Waals surface area contributed by atoms with Gasteiger partial charge in [-0.05, 0) is 18.3 Å². The van der Waals surface area contributed by atoms with Gasteiger partial charge in [0.1, 0.15) is 0 Å². The van der Waals surface area contributed by atoms with E-state index >= 15 is 0 Å². The summed E-state index contributed by atoms with van der Waals surface area (Å²) in [5, 5.41) is 12.3. The molecule has 0 spiro atoms. The normalized spacial score (nSPS) is 12.0. The third-order valence-corrected chi connectivity index (χ3v) is 3.20. The molecule has 5 nitrogen and oxygen atoms in total. The SMILES string of the molecule is CCCCOCCOCCOCCNCC(C)(C)CCO. The Labute approximate surface area is 130 Å². The summed E-state index contributed by atoms with van der Waals surface area (Å²) in [4.78, 5) is 0. The molecule has 0 unspecified atom stereocenters. The van der Waals surface area contributed by atoms with E-state index in [9.17, 15) is 0 Å². The first kappa shape index (κ1) is 20.8. The lowest BCUT2D eigenvalue weighted by Gasteiger charge is -2.23. The van der Waals surface area contributed by atoms with Gasteiger partial charge >= 0.3 is 0 Å². The van der Waals surface area contributed by atoms with Crippen molar-refractivity contribution in [2.24, 2.45) is 5.41 Å². The summed E-state index contributed by atoms with van der Waals surface area (Å²) in [7, 11) is 0. The quantitative estimate of drug-likeness (QED) is 0.426. The molecule has 0 aliphatic carbocycles. The van der Waals surface area contributed by atoms with Gasteiger partial charge in [0.05, 0.1) is 33.0 Å². The fourth-order valence-electron chi connectivity index (χ4n) is 1.75. The van der Waals surface area contributed by atoms with Gasteiger partial charge < -0.3 is 24.6 Å². The minimum absolute atomic E-state index is 0.135. The molecule has 2 N–H and O–H groups in total. The Balaban J connectivity index is 3.12. The maximum absolute atomic E-state index is 8.93. The van der Waals surface area contributed by atoms with E-state index in [4.69, 9.17) is 19.3 Å². The van der Waals surface area contributed by atoms with Crippen LogP contribution in [0.1, 0.15) is 40.0 Å². The molecule has 0 saturated heterocycles. The van der Waals surface area contributed by atoms with E-state index in [1.54, 1.807) is 0 Å². The van der Waals surface area contributed by atoms with E-state index in [0.29, 0.717) is 33.0 Å². The summed E-state index contributed by atoms with van der Waals surface area (Å²) >= 11 is 0. The zero-order valence-electron chi connectivity index (χ0n) is 14.2. The van der Waals surface area contributed by atoms with E-state index in [2.05, 4.69) is 26.1 Å². The number of aliphatic hydroxyl groups is 1. The summed E-state index contributed by atoms with van der Waals surface area (Å²) in [5.41, 5.74) is 0.135.